The second kappa shape index (κ2) is 4.43. The zero-order chi connectivity index (χ0) is 9.26. The fourth-order valence-electron chi connectivity index (χ4n) is 0.830. The van der Waals surface area contributed by atoms with Gasteiger partial charge in [0.15, 0.2) is 0 Å². The van der Waals surface area contributed by atoms with Gasteiger partial charge in [-0.3, -0.25) is 0 Å². The molecule has 2 heterocycles. The molecule has 0 aliphatic carbocycles. The molecule has 0 fully saturated rings. The summed E-state index contributed by atoms with van der Waals surface area (Å²) in [5.41, 5.74) is 0. The average molecular weight is 309 g/mol. The molecular formula is C8H6S4Se. The normalized spacial score (nSPS) is 10.6. The Morgan fingerprint density at radius 2 is 1.31 bits per heavy atom. The molecule has 2 aromatic rings. The summed E-state index contributed by atoms with van der Waals surface area (Å²) in [6, 6.07) is 8.43. The molecule has 0 saturated heterocycles. The van der Waals surface area contributed by atoms with Gasteiger partial charge in [-0.2, -0.15) is 0 Å². The Kier molecular flexibility index (Phi) is 3.46. The molecule has 0 amide bonds. The number of rotatable bonds is 2. The summed E-state index contributed by atoms with van der Waals surface area (Å²) in [7, 11) is 0. The van der Waals surface area contributed by atoms with Gasteiger partial charge in [0.2, 0.25) is 0 Å². The Balaban J connectivity index is 2.14. The van der Waals surface area contributed by atoms with E-state index in [-0.39, 0.29) is 0 Å². The van der Waals surface area contributed by atoms with Crippen LogP contribution in [0.4, 0.5) is 0 Å². The van der Waals surface area contributed by atoms with Crippen molar-refractivity contribution in [2.75, 3.05) is 0 Å². The fourth-order valence-corrected chi connectivity index (χ4v) is 7.29. The average Bonchev–Trinajstić information content (AvgIpc) is 2.62. The molecule has 13 heavy (non-hydrogen) atoms. The molecule has 0 aliphatic heterocycles. The van der Waals surface area contributed by atoms with Crippen LogP contribution in [0.25, 0.3) is 0 Å². The Morgan fingerprint density at radius 1 is 0.846 bits per heavy atom. The Hall–Kier alpha value is 0.619. The van der Waals surface area contributed by atoms with E-state index in [9.17, 15) is 0 Å². The van der Waals surface area contributed by atoms with Gasteiger partial charge < -0.3 is 0 Å². The van der Waals surface area contributed by atoms with E-state index in [0.29, 0.717) is 15.0 Å². The van der Waals surface area contributed by atoms with Crippen molar-refractivity contribution in [3.63, 3.8) is 0 Å². The molecule has 0 spiro atoms. The summed E-state index contributed by atoms with van der Waals surface area (Å²) in [6.45, 7) is 0. The van der Waals surface area contributed by atoms with Gasteiger partial charge >= 0.3 is 103 Å². The summed E-state index contributed by atoms with van der Waals surface area (Å²) in [5.74, 6) is 0. The maximum absolute atomic E-state index is 4.29. The molecule has 0 N–H and O–H groups in total. The third-order valence-electron chi connectivity index (χ3n) is 1.34. The van der Waals surface area contributed by atoms with Gasteiger partial charge in [0, 0.05) is 0 Å². The third kappa shape index (κ3) is 2.78. The molecule has 0 atom stereocenters. The van der Waals surface area contributed by atoms with E-state index < -0.39 is 0 Å². The third-order valence-corrected chi connectivity index (χ3v) is 6.88. The first-order valence-corrected chi connectivity index (χ1v) is 7.73. The zero-order valence-electron chi connectivity index (χ0n) is 6.43. The van der Waals surface area contributed by atoms with E-state index in [4.69, 9.17) is 0 Å². The van der Waals surface area contributed by atoms with Crippen molar-refractivity contribution in [3.8, 4) is 0 Å². The van der Waals surface area contributed by atoms with Crippen molar-refractivity contribution < 1.29 is 0 Å². The Labute approximate surface area is 102 Å². The van der Waals surface area contributed by atoms with Gasteiger partial charge in [-0.05, 0) is 0 Å². The molecule has 0 aromatic carbocycles. The molecule has 2 aromatic heterocycles. The summed E-state index contributed by atoms with van der Waals surface area (Å²) >= 11 is 12.6. The molecule has 0 saturated carbocycles. The topological polar surface area (TPSA) is 0 Å². The van der Waals surface area contributed by atoms with Crippen LogP contribution in [0.5, 0.6) is 0 Å². The minimum absolute atomic E-state index is 0.442. The van der Waals surface area contributed by atoms with Crippen LogP contribution in [-0.2, 0) is 0 Å². The second-order valence-electron chi connectivity index (χ2n) is 2.29. The van der Waals surface area contributed by atoms with Crippen LogP contribution in [0, 0.1) is 0 Å². The SMILES string of the molecule is Sc1ccc([Se]c2ccc(S)s2)s1. The summed E-state index contributed by atoms with van der Waals surface area (Å²) < 4.78 is 5.04. The van der Waals surface area contributed by atoms with Crippen LogP contribution < -0.4 is 7.55 Å². The van der Waals surface area contributed by atoms with Gasteiger partial charge in [-0.1, -0.05) is 0 Å². The van der Waals surface area contributed by atoms with Gasteiger partial charge in [-0.25, -0.2) is 0 Å². The van der Waals surface area contributed by atoms with Crippen LogP contribution >= 0.6 is 47.9 Å². The standard InChI is InChI=1S/C8H6S4Se/c9-5-1-3-7(11-5)13-8-4-2-6(10)12-8/h1-4,9-10H. The summed E-state index contributed by atoms with van der Waals surface area (Å²) in [6.07, 6.45) is 0. The van der Waals surface area contributed by atoms with Crippen molar-refractivity contribution in [2.45, 2.75) is 8.42 Å². The van der Waals surface area contributed by atoms with Crippen molar-refractivity contribution >= 4 is 70.4 Å². The summed E-state index contributed by atoms with van der Waals surface area (Å²) in [5, 5.41) is 0. The van der Waals surface area contributed by atoms with E-state index in [1.807, 2.05) is 0 Å². The first-order chi connectivity index (χ1) is 6.24. The van der Waals surface area contributed by atoms with Gasteiger partial charge in [-0.15, -0.1) is 0 Å². The fraction of sp³-hybridized carbons (Fsp3) is 0. The van der Waals surface area contributed by atoms with E-state index in [1.165, 1.54) is 7.55 Å². The number of hydrogen-bond donors (Lipinski definition) is 2. The molecule has 0 nitrogen and oxygen atoms in total. The van der Waals surface area contributed by atoms with Gasteiger partial charge in [0.05, 0.1) is 0 Å². The molecular weight excluding hydrogens is 303 g/mol. The first-order valence-electron chi connectivity index (χ1n) is 3.49. The number of thiophene rings is 2. The van der Waals surface area contributed by atoms with Crippen molar-refractivity contribution in [2.24, 2.45) is 0 Å². The predicted molar refractivity (Wildman–Crippen MR) is 68.2 cm³/mol. The van der Waals surface area contributed by atoms with Crippen molar-refractivity contribution in [3.05, 3.63) is 24.3 Å². The van der Waals surface area contributed by atoms with Crippen LogP contribution in [0.1, 0.15) is 0 Å². The number of thiol groups is 2. The first kappa shape index (κ1) is 10.1. The van der Waals surface area contributed by atoms with E-state index in [1.54, 1.807) is 22.7 Å². The maximum atomic E-state index is 4.29. The molecule has 2 rings (SSSR count). The molecule has 0 aliphatic rings. The van der Waals surface area contributed by atoms with Crippen LogP contribution in [0.15, 0.2) is 32.7 Å². The minimum atomic E-state index is 0.442. The van der Waals surface area contributed by atoms with Crippen LogP contribution in [0.3, 0.4) is 0 Å². The quantitative estimate of drug-likeness (QED) is 0.616. The zero-order valence-corrected chi connectivity index (χ0v) is 11.6. The van der Waals surface area contributed by atoms with Crippen LogP contribution in [0.2, 0.25) is 0 Å². The number of hydrogen-bond acceptors (Lipinski definition) is 4. The molecule has 5 heteroatoms. The molecule has 0 bridgehead atoms. The monoisotopic (exact) mass is 310 g/mol. The van der Waals surface area contributed by atoms with Crippen molar-refractivity contribution in [1.82, 2.24) is 0 Å². The molecule has 68 valence electrons. The van der Waals surface area contributed by atoms with E-state index >= 15 is 0 Å². The van der Waals surface area contributed by atoms with Crippen LogP contribution in [-0.4, -0.2) is 15.0 Å². The summed E-state index contributed by atoms with van der Waals surface area (Å²) in [4.78, 5) is 0. The predicted octanol–water partition coefficient (Wildman–Crippen LogP) is 2.04. The van der Waals surface area contributed by atoms with Gasteiger partial charge in [0.1, 0.15) is 0 Å². The van der Waals surface area contributed by atoms with Gasteiger partial charge in [0.25, 0.3) is 0 Å². The van der Waals surface area contributed by atoms with E-state index in [0.717, 1.165) is 8.42 Å². The Bertz CT molecular complexity index is 365. The molecule has 0 radical (unpaired) electrons. The Morgan fingerprint density at radius 3 is 1.62 bits per heavy atom. The van der Waals surface area contributed by atoms with E-state index in [2.05, 4.69) is 49.5 Å². The molecule has 0 unspecified atom stereocenters. The second-order valence-corrected chi connectivity index (χ2v) is 9.46. The van der Waals surface area contributed by atoms with Crippen molar-refractivity contribution in [1.29, 1.82) is 0 Å².